The van der Waals surface area contributed by atoms with E-state index in [1.165, 1.54) is 44.5 Å². The summed E-state index contributed by atoms with van der Waals surface area (Å²) in [7, 11) is 0. The first-order valence-electron chi connectivity index (χ1n) is 6.56. The maximum Gasteiger partial charge on any atom is 0.252 e. The minimum atomic E-state index is -0.0998. The first-order valence-corrected chi connectivity index (χ1v) is 6.56. The predicted molar refractivity (Wildman–Crippen MR) is 69.1 cm³/mol. The molecule has 1 fully saturated rings. The molecule has 17 heavy (non-hydrogen) atoms. The van der Waals surface area contributed by atoms with Gasteiger partial charge in [0.2, 0.25) is 0 Å². The molecule has 4 nitrogen and oxygen atoms in total. The number of hydrogen-bond acceptors (Lipinski definition) is 3. The van der Waals surface area contributed by atoms with E-state index in [1.54, 1.807) is 0 Å². The summed E-state index contributed by atoms with van der Waals surface area (Å²) in [5, 5.41) is 3.26. The van der Waals surface area contributed by atoms with Gasteiger partial charge >= 0.3 is 0 Å². The monoisotopic (exact) mass is 235 g/mol. The number of anilines is 1. The van der Waals surface area contributed by atoms with Crippen LogP contribution in [0, 0.1) is 11.8 Å². The molecule has 1 heterocycles. The van der Waals surface area contributed by atoms with Gasteiger partial charge in [-0.3, -0.25) is 4.79 Å². The average molecular weight is 235 g/mol. The molecule has 0 aliphatic heterocycles. The van der Waals surface area contributed by atoms with Gasteiger partial charge in [0.15, 0.2) is 0 Å². The maximum atomic E-state index is 11.1. The molecule has 1 saturated carbocycles. The summed E-state index contributed by atoms with van der Waals surface area (Å²) in [6, 6.07) is 1.51. The third-order valence-corrected chi connectivity index (χ3v) is 3.79. The van der Waals surface area contributed by atoms with E-state index in [4.69, 9.17) is 0 Å². The molecule has 0 spiro atoms. The third kappa shape index (κ3) is 3.58. The topological polar surface area (TPSA) is 57.8 Å². The zero-order valence-corrected chi connectivity index (χ0v) is 10.4. The number of rotatable bonds is 4. The summed E-state index contributed by atoms with van der Waals surface area (Å²) in [4.78, 5) is 17.7. The largest absolute Gasteiger partial charge is 0.370 e. The second-order valence-corrected chi connectivity index (χ2v) is 4.97. The van der Waals surface area contributed by atoms with Gasteiger partial charge in [0.1, 0.15) is 5.82 Å². The van der Waals surface area contributed by atoms with Gasteiger partial charge in [0.05, 0.1) is 6.33 Å². The van der Waals surface area contributed by atoms with Crippen LogP contribution in [-0.2, 0) is 0 Å². The van der Waals surface area contributed by atoms with E-state index in [2.05, 4.69) is 22.2 Å². The van der Waals surface area contributed by atoms with Crippen LogP contribution in [0.4, 0.5) is 5.82 Å². The van der Waals surface area contributed by atoms with Crippen LogP contribution in [0.3, 0.4) is 0 Å². The average Bonchev–Trinajstić information content (AvgIpc) is 2.37. The smallest absolute Gasteiger partial charge is 0.252 e. The Kier molecular flexibility index (Phi) is 4.18. The Morgan fingerprint density at radius 2 is 2.06 bits per heavy atom. The molecule has 1 aliphatic rings. The first-order chi connectivity index (χ1) is 8.28. The van der Waals surface area contributed by atoms with Crippen LogP contribution in [0.2, 0.25) is 0 Å². The second-order valence-electron chi connectivity index (χ2n) is 4.97. The van der Waals surface area contributed by atoms with Gasteiger partial charge in [-0.2, -0.15) is 0 Å². The van der Waals surface area contributed by atoms with Gasteiger partial charge in [0.25, 0.3) is 5.56 Å². The van der Waals surface area contributed by atoms with Gasteiger partial charge in [-0.1, -0.05) is 26.2 Å². The first kappa shape index (κ1) is 12.1. The zero-order valence-electron chi connectivity index (χ0n) is 10.4. The highest BCUT2D eigenvalue weighted by Crippen LogP contribution is 2.30. The van der Waals surface area contributed by atoms with E-state index in [1.807, 2.05) is 0 Å². The van der Waals surface area contributed by atoms with Crippen LogP contribution in [0.5, 0.6) is 0 Å². The predicted octanol–water partition coefficient (Wildman–Crippen LogP) is 2.40. The van der Waals surface area contributed by atoms with Gasteiger partial charge in [-0.15, -0.1) is 0 Å². The molecule has 1 aliphatic carbocycles. The van der Waals surface area contributed by atoms with Crippen LogP contribution in [0.25, 0.3) is 0 Å². The van der Waals surface area contributed by atoms with Gasteiger partial charge in [0, 0.05) is 12.6 Å². The van der Waals surface area contributed by atoms with Crippen molar-refractivity contribution in [2.24, 2.45) is 11.8 Å². The number of hydrogen-bond donors (Lipinski definition) is 2. The summed E-state index contributed by atoms with van der Waals surface area (Å²) in [5.41, 5.74) is -0.0998. The number of H-pyrrole nitrogens is 1. The summed E-state index contributed by atoms with van der Waals surface area (Å²) < 4.78 is 0. The van der Waals surface area contributed by atoms with Crippen molar-refractivity contribution < 1.29 is 0 Å². The number of aromatic nitrogens is 2. The quantitative estimate of drug-likeness (QED) is 0.842. The van der Waals surface area contributed by atoms with Crippen LogP contribution in [0.15, 0.2) is 17.2 Å². The Labute approximate surface area is 102 Å². The highest BCUT2D eigenvalue weighted by atomic mass is 16.1. The molecule has 2 rings (SSSR count). The van der Waals surface area contributed by atoms with Crippen molar-refractivity contribution in [2.45, 2.75) is 39.0 Å². The lowest BCUT2D eigenvalue weighted by atomic mass is 9.81. The number of aromatic amines is 1. The number of nitrogens with one attached hydrogen (secondary N) is 2. The fraction of sp³-hybridized carbons (Fsp3) is 0.692. The molecule has 0 aromatic carbocycles. The SMILES string of the molecule is CCC1CCC(CNc2cc(=O)[nH]cn2)CC1. The van der Waals surface area contributed by atoms with E-state index < -0.39 is 0 Å². The maximum absolute atomic E-state index is 11.1. The molecule has 94 valence electrons. The standard InChI is InChI=1S/C13H21N3O/c1-2-10-3-5-11(6-4-10)8-14-12-7-13(17)16-9-15-12/h7,9-11H,2-6,8H2,1H3,(H2,14,15,16,17). The van der Waals surface area contributed by atoms with E-state index >= 15 is 0 Å². The van der Waals surface area contributed by atoms with E-state index in [0.29, 0.717) is 5.82 Å². The van der Waals surface area contributed by atoms with Crippen molar-refractivity contribution in [3.63, 3.8) is 0 Å². The molecule has 0 radical (unpaired) electrons. The van der Waals surface area contributed by atoms with Crippen molar-refractivity contribution in [1.82, 2.24) is 9.97 Å². The number of nitrogens with zero attached hydrogens (tertiary/aromatic N) is 1. The Morgan fingerprint density at radius 1 is 1.35 bits per heavy atom. The summed E-state index contributed by atoms with van der Waals surface area (Å²) in [6.07, 6.45) is 8.06. The molecule has 2 N–H and O–H groups in total. The minimum absolute atomic E-state index is 0.0998. The summed E-state index contributed by atoms with van der Waals surface area (Å²) >= 11 is 0. The Bertz CT molecular complexity index is 394. The van der Waals surface area contributed by atoms with E-state index in [0.717, 1.165) is 18.4 Å². The zero-order chi connectivity index (χ0) is 12.1. The molecule has 0 amide bonds. The summed E-state index contributed by atoms with van der Waals surface area (Å²) in [6.45, 7) is 3.22. The van der Waals surface area contributed by atoms with Crippen LogP contribution < -0.4 is 10.9 Å². The highest BCUT2D eigenvalue weighted by Gasteiger charge is 2.19. The summed E-state index contributed by atoms with van der Waals surface area (Å²) in [5.74, 6) is 2.36. The Balaban J connectivity index is 1.78. The van der Waals surface area contributed by atoms with Crippen LogP contribution in [-0.4, -0.2) is 16.5 Å². The molecule has 1 aromatic heterocycles. The van der Waals surface area contributed by atoms with Crippen molar-refractivity contribution in [3.8, 4) is 0 Å². The van der Waals surface area contributed by atoms with E-state index in [9.17, 15) is 4.79 Å². The lowest BCUT2D eigenvalue weighted by Crippen LogP contribution is -2.22. The third-order valence-electron chi connectivity index (χ3n) is 3.79. The highest BCUT2D eigenvalue weighted by molar-refractivity contribution is 5.31. The van der Waals surface area contributed by atoms with Gasteiger partial charge < -0.3 is 10.3 Å². The van der Waals surface area contributed by atoms with Crippen molar-refractivity contribution in [2.75, 3.05) is 11.9 Å². The molecule has 0 saturated heterocycles. The molecule has 0 atom stereocenters. The van der Waals surface area contributed by atoms with Crippen molar-refractivity contribution >= 4 is 5.82 Å². The van der Waals surface area contributed by atoms with Gasteiger partial charge in [-0.25, -0.2) is 4.98 Å². The lowest BCUT2D eigenvalue weighted by Gasteiger charge is -2.27. The van der Waals surface area contributed by atoms with Crippen molar-refractivity contribution in [3.05, 3.63) is 22.7 Å². The lowest BCUT2D eigenvalue weighted by molar-refractivity contribution is 0.278. The fourth-order valence-corrected chi connectivity index (χ4v) is 2.56. The Hall–Kier alpha value is -1.32. The molecule has 4 heteroatoms. The molecular weight excluding hydrogens is 214 g/mol. The van der Waals surface area contributed by atoms with Crippen LogP contribution in [0.1, 0.15) is 39.0 Å². The van der Waals surface area contributed by atoms with E-state index in [-0.39, 0.29) is 5.56 Å². The second kappa shape index (κ2) is 5.84. The molecule has 0 unspecified atom stereocenters. The minimum Gasteiger partial charge on any atom is -0.370 e. The van der Waals surface area contributed by atoms with Crippen LogP contribution >= 0.6 is 0 Å². The fourth-order valence-electron chi connectivity index (χ4n) is 2.56. The molecular formula is C13H21N3O. The van der Waals surface area contributed by atoms with Gasteiger partial charge in [-0.05, 0) is 24.7 Å². The normalized spacial score (nSPS) is 24.5. The van der Waals surface area contributed by atoms with Crippen molar-refractivity contribution in [1.29, 1.82) is 0 Å². The molecule has 1 aromatic rings. The molecule has 0 bridgehead atoms. The Morgan fingerprint density at radius 3 is 2.71 bits per heavy atom.